The summed E-state index contributed by atoms with van der Waals surface area (Å²) in [6.45, 7) is 14.1. The van der Waals surface area contributed by atoms with Gasteiger partial charge in [0.15, 0.2) is 0 Å². The first-order valence-corrected chi connectivity index (χ1v) is 12.2. The fourth-order valence-corrected chi connectivity index (χ4v) is 3.58. The highest BCUT2D eigenvalue weighted by molar-refractivity contribution is 5.88. The SMILES string of the molecule is C=C(C)C(=O)OCC(C)(COC(=O)C(=C)C)C(=O)OCC(CC(F)(F)C1CCCCC1)OC(=O)C(=C)C. The lowest BCUT2D eigenvalue weighted by atomic mass is 9.82. The Bertz CT molecular complexity index is 872. The van der Waals surface area contributed by atoms with E-state index in [-0.39, 0.29) is 16.7 Å². The summed E-state index contributed by atoms with van der Waals surface area (Å²) in [5.74, 6) is -7.49. The number of carbonyl (C=O) groups is 4. The maximum Gasteiger partial charge on any atom is 0.333 e. The van der Waals surface area contributed by atoms with Crippen LogP contribution in [-0.2, 0) is 38.1 Å². The van der Waals surface area contributed by atoms with Crippen LogP contribution in [0.5, 0.6) is 0 Å². The molecule has 10 heteroatoms. The van der Waals surface area contributed by atoms with E-state index in [4.69, 9.17) is 18.9 Å². The lowest BCUT2D eigenvalue weighted by molar-refractivity contribution is -0.178. The van der Waals surface area contributed by atoms with Crippen LogP contribution in [0, 0.1) is 11.3 Å². The number of hydrogen-bond acceptors (Lipinski definition) is 8. The first kappa shape index (κ1) is 32.0. The zero-order valence-electron chi connectivity index (χ0n) is 22.2. The molecule has 0 heterocycles. The quantitative estimate of drug-likeness (QED) is 0.179. The van der Waals surface area contributed by atoms with Gasteiger partial charge in [0, 0.05) is 22.6 Å². The molecule has 0 aromatic heterocycles. The van der Waals surface area contributed by atoms with Crippen molar-refractivity contribution in [2.75, 3.05) is 19.8 Å². The third-order valence-electron chi connectivity index (χ3n) is 5.96. The van der Waals surface area contributed by atoms with Crippen molar-refractivity contribution in [3.8, 4) is 0 Å². The summed E-state index contributed by atoms with van der Waals surface area (Å²) in [4.78, 5) is 48.9. The van der Waals surface area contributed by atoms with Gasteiger partial charge in [0.05, 0.1) is 6.42 Å². The Labute approximate surface area is 217 Å². The Morgan fingerprint density at radius 1 is 0.811 bits per heavy atom. The first-order chi connectivity index (χ1) is 17.1. The molecular weight excluding hydrogens is 490 g/mol. The molecule has 0 bridgehead atoms. The van der Waals surface area contributed by atoms with Crippen LogP contribution in [0.1, 0.15) is 66.2 Å². The Morgan fingerprint density at radius 3 is 1.70 bits per heavy atom. The second kappa shape index (κ2) is 14.0. The number of hydrogen-bond donors (Lipinski definition) is 0. The van der Waals surface area contributed by atoms with Crippen molar-refractivity contribution >= 4 is 23.9 Å². The Morgan fingerprint density at radius 2 is 1.27 bits per heavy atom. The first-order valence-electron chi connectivity index (χ1n) is 12.2. The lowest BCUT2D eigenvalue weighted by Crippen LogP contribution is -2.43. The van der Waals surface area contributed by atoms with E-state index in [1.807, 2.05) is 0 Å². The summed E-state index contributed by atoms with van der Waals surface area (Å²) in [6.07, 6.45) is 0.692. The zero-order valence-corrected chi connectivity index (χ0v) is 22.2. The van der Waals surface area contributed by atoms with Crippen LogP contribution in [0.4, 0.5) is 8.78 Å². The molecule has 1 fully saturated rings. The summed E-state index contributed by atoms with van der Waals surface area (Å²) >= 11 is 0. The van der Waals surface area contributed by atoms with Gasteiger partial charge in [-0.25, -0.2) is 23.2 Å². The third-order valence-corrected chi connectivity index (χ3v) is 5.96. The van der Waals surface area contributed by atoms with E-state index in [1.54, 1.807) is 0 Å². The average molecular weight is 529 g/mol. The molecule has 0 spiro atoms. The van der Waals surface area contributed by atoms with Gasteiger partial charge in [-0.15, -0.1) is 0 Å². The Kier molecular flexibility index (Phi) is 12.1. The van der Waals surface area contributed by atoms with Gasteiger partial charge in [-0.05, 0) is 40.5 Å². The molecule has 0 amide bonds. The predicted molar refractivity (Wildman–Crippen MR) is 131 cm³/mol. The number of esters is 4. The number of halogens is 2. The zero-order chi connectivity index (χ0) is 28.4. The van der Waals surface area contributed by atoms with Crippen molar-refractivity contribution in [2.24, 2.45) is 11.3 Å². The minimum absolute atomic E-state index is 0.000521. The highest BCUT2D eigenvalue weighted by Gasteiger charge is 2.44. The highest BCUT2D eigenvalue weighted by atomic mass is 19.3. The molecule has 1 aliphatic rings. The Balaban J connectivity index is 3.03. The van der Waals surface area contributed by atoms with Crippen LogP contribution in [0.3, 0.4) is 0 Å². The molecule has 208 valence electrons. The van der Waals surface area contributed by atoms with Gasteiger partial charge in [-0.2, -0.15) is 0 Å². The number of rotatable bonds is 14. The molecule has 0 aromatic rings. The molecule has 0 aromatic carbocycles. The second-order valence-corrected chi connectivity index (χ2v) is 9.98. The molecule has 8 nitrogen and oxygen atoms in total. The van der Waals surface area contributed by atoms with Gasteiger partial charge in [0.2, 0.25) is 0 Å². The summed E-state index contributed by atoms with van der Waals surface area (Å²) < 4.78 is 50.7. The highest BCUT2D eigenvalue weighted by Crippen LogP contribution is 2.40. The van der Waals surface area contributed by atoms with Crippen molar-refractivity contribution in [3.63, 3.8) is 0 Å². The van der Waals surface area contributed by atoms with Gasteiger partial charge in [0.1, 0.15) is 31.3 Å². The van der Waals surface area contributed by atoms with Crippen LogP contribution in [0.15, 0.2) is 36.5 Å². The third kappa shape index (κ3) is 10.5. The van der Waals surface area contributed by atoms with E-state index >= 15 is 8.78 Å². The van der Waals surface area contributed by atoms with E-state index in [2.05, 4.69) is 19.7 Å². The lowest BCUT2D eigenvalue weighted by Gasteiger charge is -2.33. The molecule has 0 aliphatic heterocycles. The van der Waals surface area contributed by atoms with Gasteiger partial charge in [-0.3, -0.25) is 4.79 Å². The molecule has 1 unspecified atom stereocenters. The van der Waals surface area contributed by atoms with Crippen LogP contribution in [0.25, 0.3) is 0 Å². The van der Waals surface area contributed by atoms with Crippen LogP contribution in [0.2, 0.25) is 0 Å². The fourth-order valence-electron chi connectivity index (χ4n) is 3.58. The van der Waals surface area contributed by atoms with Crippen molar-refractivity contribution in [2.45, 2.75) is 78.2 Å². The fraction of sp³-hybridized carbons (Fsp3) is 0.630. The van der Waals surface area contributed by atoms with Crippen molar-refractivity contribution in [3.05, 3.63) is 36.5 Å². The summed E-state index contributed by atoms with van der Waals surface area (Å²) in [6, 6.07) is 0. The Hall–Kier alpha value is -3.04. The summed E-state index contributed by atoms with van der Waals surface area (Å²) in [5, 5.41) is 0. The maximum absolute atomic E-state index is 15.1. The van der Waals surface area contributed by atoms with Crippen molar-refractivity contribution < 1.29 is 46.9 Å². The maximum atomic E-state index is 15.1. The summed E-state index contributed by atoms with van der Waals surface area (Å²) in [7, 11) is 0. The molecule has 1 saturated carbocycles. The van der Waals surface area contributed by atoms with Gasteiger partial charge < -0.3 is 18.9 Å². The normalized spacial score (nSPS) is 15.2. The molecule has 1 atom stereocenters. The van der Waals surface area contributed by atoms with Gasteiger partial charge >= 0.3 is 23.9 Å². The molecule has 37 heavy (non-hydrogen) atoms. The number of ether oxygens (including phenoxy) is 4. The van der Waals surface area contributed by atoms with Crippen LogP contribution >= 0.6 is 0 Å². The number of alkyl halides is 2. The molecule has 0 radical (unpaired) electrons. The minimum atomic E-state index is -3.15. The van der Waals surface area contributed by atoms with Crippen molar-refractivity contribution in [1.29, 1.82) is 0 Å². The molecule has 1 rings (SSSR count). The smallest absolute Gasteiger partial charge is 0.333 e. The van der Waals surface area contributed by atoms with Gasteiger partial charge in [-0.1, -0.05) is 39.0 Å². The molecule has 1 aliphatic carbocycles. The van der Waals surface area contributed by atoms with E-state index in [0.29, 0.717) is 25.7 Å². The predicted octanol–water partition coefficient (Wildman–Crippen LogP) is 4.87. The van der Waals surface area contributed by atoms with Crippen molar-refractivity contribution in [1.82, 2.24) is 0 Å². The average Bonchev–Trinajstić information content (AvgIpc) is 2.84. The van der Waals surface area contributed by atoms with Gasteiger partial charge in [0.25, 0.3) is 5.92 Å². The minimum Gasteiger partial charge on any atom is -0.461 e. The van der Waals surface area contributed by atoms with E-state index in [0.717, 1.165) is 6.42 Å². The topological polar surface area (TPSA) is 105 Å². The van der Waals surface area contributed by atoms with E-state index in [1.165, 1.54) is 27.7 Å². The van der Waals surface area contributed by atoms with E-state index in [9.17, 15) is 19.2 Å². The summed E-state index contributed by atoms with van der Waals surface area (Å²) in [5.41, 5.74) is -1.54. The van der Waals surface area contributed by atoms with Crippen LogP contribution in [-0.4, -0.2) is 55.7 Å². The molecule has 0 N–H and O–H groups in total. The standard InChI is InChI=1S/C27H38F2O8/c1-17(2)22(30)35-15-26(7,16-36-23(31)18(3)4)25(33)34-14-21(37-24(32)19(5)6)13-27(28,29)20-11-9-8-10-12-20/h20-21H,1,3,5,8-16H2,2,4,6-7H3. The number of carbonyl (C=O) groups excluding carboxylic acids is 4. The molecule has 0 saturated heterocycles. The second-order valence-electron chi connectivity index (χ2n) is 9.98. The van der Waals surface area contributed by atoms with E-state index < -0.39 is 73.5 Å². The van der Waals surface area contributed by atoms with Crippen LogP contribution < -0.4 is 0 Å². The monoisotopic (exact) mass is 528 g/mol. The molecular formula is C27H38F2O8. The largest absolute Gasteiger partial charge is 0.461 e.